The minimum absolute atomic E-state index is 0.0449. The first-order valence-corrected chi connectivity index (χ1v) is 9.64. The number of carbonyl (C=O) groups is 2. The lowest BCUT2D eigenvalue weighted by atomic mass is 10.1. The predicted octanol–water partition coefficient (Wildman–Crippen LogP) is 1.98. The van der Waals surface area contributed by atoms with Crippen molar-refractivity contribution in [3.8, 4) is 5.75 Å². The van der Waals surface area contributed by atoms with Crippen LogP contribution in [0.1, 0.15) is 24.4 Å². The van der Waals surface area contributed by atoms with Crippen molar-refractivity contribution in [1.29, 1.82) is 0 Å². The van der Waals surface area contributed by atoms with Crippen molar-refractivity contribution in [3.63, 3.8) is 0 Å². The number of nitrogens with one attached hydrogen (secondary N) is 2. The molecule has 28 heavy (non-hydrogen) atoms. The predicted molar refractivity (Wildman–Crippen MR) is 105 cm³/mol. The summed E-state index contributed by atoms with van der Waals surface area (Å²) in [5.74, 6) is 0.689. The molecule has 2 aromatic rings. The number of rotatable bonds is 6. The molecule has 2 N–H and O–H groups in total. The Kier molecular flexibility index (Phi) is 5.53. The lowest BCUT2D eigenvalue weighted by Gasteiger charge is -2.36. The molecule has 1 atom stereocenters. The molecule has 1 saturated heterocycles. The zero-order valence-electron chi connectivity index (χ0n) is 15.6. The minimum atomic E-state index is -0.0669. The van der Waals surface area contributed by atoms with Gasteiger partial charge in [-0.2, -0.15) is 0 Å². The molecule has 1 saturated carbocycles. The minimum Gasteiger partial charge on any atom is -0.484 e. The van der Waals surface area contributed by atoms with Gasteiger partial charge in [-0.1, -0.05) is 12.1 Å². The van der Waals surface area contributed by atoms with Gasteiger partial charge >= 0.3 is 0 Å². The third-order valence-corrected chi connectivity index (χ3v) is 5.04. The Hall–Kier alpha value is -2.93. The number of hydrogen-bond acceptors (Lipinski definition) is 5. The topological polar surface area (TPSA) is 83.6 Å². The van der Waals surface area contributed by atoms with Crippen molar-refractivity contribution < 1.29 is 14.3 Å². The van der Waals surface area contributed by atoms with E-state index in [-0.39, 0.29) is 30.4 Å². The molecule has 2 fully saturated rings. The van der Waals surface area contributed by atoms with E-state index in [2.05, 4.69) is 15.6 Å². The van der Waals surface area contributed by atoms with Crippen LogP contribution in [-0.2, 0) is 9.59 Å². The Bertz CT molecular complexity index is 839. The highest BCUT2D eigenvalue weighted by molar-refractivity contribution is 5.94. The van der Waals surface area contributed by atoms with Gasteiger partial charge in [-0.15, -0.1) is 0 Å². The van der Waals surface area contributed by atoms with E-state index < -0.39 is 0 Å². The molecule has 0 radical (unpaired) electrons. The number of pyridine rings is 1. The average Bonchev–Trinajstić information content (AvgIpc) is 3.58. The van der Waals surface area contributed by atoms with E-state index in [1.54, 1.807) is 24.5 Å². The maximum absolute atomic E-state index is 12.8. The highest BCUT2D eigenvalue weighted by Gasteiger charge is 2.30. The maximum Gasteiger partial charge on any atom is 0.261 e. The Morgan fingerprint density at radius 2 is 2.14 bits per heavy atom. The van der Waals surface area contributed by atoms with Gasteiger partial charge in [-0.3, -0.25) is 14.6 Å². The molecule has 2 heterocycles. The lowest BCUT2D eigenvalue weighted by Crippen LogP contribution is -2.50. The second kappa shape index (κ2) is 8.39. The second-order valence-electron chi connectivity index (χ2n) is 7.17. The van der Waals surface area contributed by atoms with Crippen molar-refractivity contribution in [2.45, 2.75) is 18.9 Å². The average molecular weight is 380 g/mol. The molecular formula is C21H24N4O3. The third kappa shape index (κ3) is 4.48. The first kappa shape index (κ1) is 18.4. The van der Waals surface area contributed by atoms with Gasteiger partial charge in [0.25, 0.3) is 5.91 Å². The highest BCUT2D eigenvalue weighted by Crippen LogP contribution is 2.30. The summed E-state index contributed by atoms with van der Waals surface area (Å²) in [6.07, 6.45) is 5.44. The Balaban J connectivity index is 1.37. The summed E-state index contributed by atoms with van der Waals surface area (Å²) in [5.41, 5.74) is 1.70. The van der Waals surface area contributed by atoms with Crippen molar-refractivity contribution in [1.82, 2.24) is 15.2 Å². The first-order valence-electron chi connectivity index (χ1n) is 9.64. The molecule has 1 aromatic carbocycles. The molecule has 0 bridgehead atoms. The number of carbonyl (C=O) groups excluding carboxylic acids is 2. The number of nitrogens with zero attached hydrogens (tertiary/aromatic N) is 2. The zero-order chi connectivity index (χ0) is 19.3. The highest BCUT2D eigenvalue weighted by atomic mass is 16.5. The Morgan fingerprint density at radius 1 is 1.25 bits per heavy atom. The largest absolute Gasteiger partial charge is 0.484 e. The number of benzene rings is 1. The zero-order valence-corrected chi connectivity index (χ0v) is 15.6. The summed E-state index contributed by atoms with van der Waals surface area (Å²) in [4.78, 5) is 30.7. The van der Waals surface area contributed by atoms with Crippen molar-refractivity contribution in [2.24, 2.45) is 5.92 Å². The summed E-state index contributed by atoms with van der Waals surface area (Å²) in [5, 5.41) is 6.22. The van der Waals surface area contributed by atoms with Gasteiger partial charge in [0, 0.05) is 49.7 Å². The number of anilines is 1. The fraction of sp³-hybridized carbons (Fsp3) is 0.381. The van der Waals surface area contributed by atoms with Crippen LogP contribution in [-0.4, -0.2) is 47.9 Å². The van der Waals surface area contributed by atoms with Gasteiger partial charge in [-0.05, 0) is 36.6 Å². The van der Waals surface area contributed by atoms with Crippen LogP contribution in [0, 0.1) is 5.92 Å². The third-order valence-electron chi connectivity index (χ3n) is 5.04. The van der Waals surface area contributed by atoms with Crippen LogP contribution in [0.3, 0.4) is 0 Å². The second-order valence-corrected chi connectivity index (χ2v) is 7.17. The summed E-state index contributed by atoms with van der Waals surface area (Å²) in [6, 6.07) is 11.0. The van der Waals surface area contributed by atoms with Gasteiger partial charge in [-0.25, -0.2) is 0 Å². The fourth-order valence-corrected chi connectivity index (χ4v) is 3.36. The summed E-state index contributed by atoms with van der Waals surface area (Å²) < 4.78 is 5.73. The van der Waals surface area contributed by atoms with Crippen LogP contribution in [0.25, 0.3) is 0 Å². The van der Waals surface area contributed by atoms with E-state index in [9.17, 15) is 9.59 Å². The smallest absolute Gasteiger partial charge is 0.261 e. The molecule has 7 heteroatoms. The molecule has 2 amide bonds. The van der Waals surface area contributed by atoms with Crippen LogP contribution < -0.4 is 15.4 Å². The van der Waals surface area contributed by atoms with Crippen LogP contribution in [0.5, 0.6) is 5.75 Å². The molecule has 1 aliphatic carbocycles. The van der Waals surface area contributed by atoms with Gasteiger partial charge in [0.15, 0.2) is 6.61 Å². The number of piperazine rings is 1. The van der Waals surface area contributed by atoms with Crippen molar-refractivity contribution in [2.75, 3.05) is 31.6 Å². The van der Waals surface area contributed by atoms with E-state index in [4.69, 9.17) is 4.74 Å². The van der Waals surface area contributed by atoms with E-state index >= 15 is 0 Å². The summed E-state index contributed by atoms with van der Waals surface area (Å²) in [6.45, 7) is 2.03. The molecule has 1 aliphatic heterocycles. The van der Waals surface area contributed by atoms with Gasteiger partial charge < -0.3 is 20.3 Å². The van der Waals surface area contributed by atoms with Crippen LogP contribution in [0.4, 0.5) is 5.69 Å². The number of ether oxygens (including phenoxy) is 1. The van der Waals surface area contributed by atoms with Gasteiger partial charge in [0.1, 0.15) is 5.75 Å². The molecule has 146 valence electrons. The van der Waals surface area contributed by atoms with E-state index in [0.29, 0.717) is 24.5 Å². The quantitative estimate of drug-likeness (QED) is 0.801. The van der Waals surface area contributed by atoms with Gasteiger partial charge in [0.05, 0.1) is 6.04 Å². The van der Waals surface area contributed by atoms with E-state index in [0.717, 1.165) is 24.9 Å². The number of aromatic nitrogens is 1. The van der Waals surface area contributed by atoms with Crippen LogP contribution >= 0.6 is 0 Å². The van der Waals surface area contributed by atoms with E-state index in [1.165, 1.54) is 0 Å². The number of amides is 2. The Morgan fingerprint density at radius 3 is 2.93 bits per heavy atom. The summed E-state index contributed by atoms with van der Waals surface area (Å²) >= 11 is 0. The molecule has 7 nitrogen and oxygen atoms in total. The van der Waals surface area contributed by atoms with Crippen molar-refractivity contribution in [3.05, 3.63) is 54.4 Å². The maximum atomic E-state index is 12.8. The molecule has 1 unspecified atom stereocenters. The molecule has 2 aliphatic rings. The fourth-order valence-electron chi connectivity index (χ4n) is 3.36. The normalized spacial score (nSPS) is 19.1. The summed E-state index contributed by atoms with van der Waals surface area (Å²) in [7, 11) is 0. The van der Waals surface area contributed by atoms with Gasteiger partial charge in [0.2, 0.25) is 5.91 Å². The molecule has 0 spiro atoms. The van der Waals surface area contributed by atoms with Crippen LogP contribution in [0.15, 0.2) is 48.8 Å². The molecule has 4 rings (SSSR count). The molecular weight excluding hydrogens is 356 g/mol. The monoisotopic (exact) mass is 380 g/mol. The number of hydrogen-bond donors (Lipinski definition) is 2. The molecule has 1 aromatic heterocycles. The SMILES string of the molecule is O=C(Nc1cccc(OCC(=O)N2CCNCC2c2cccnc2)c1)C1CC1. The lowest BCUT2D eigenvalue weighted by molar-refractivity contribution is -0.136. The van der Waals surface area contributed by atoms with Crippen LogP contribution in [0.2, 0.25) is 0 Å². The Labute approximate surface area is 164 Å². The first-order chi connectivity index (χ1) is 13.7. The van der Waals surface area contributed by atoms with E-state index in [1.807, 2.05) is 29.2 Å². The standard InChI is InChI=1S/C21H24N4O3/c26-20(25-10-9-23-13-19(25)16-3-2-8-22-12-16)14-28-18-5-1-4-17(11-18)24-21(27)15-6-7-15/h1-5,8,11-12,15,19,23H,6-7,9-10,13-14H2,(H,24,27). The van der Waals surface area contributed by atoms with Crippen molar-refractivity contribution >= 4 is 17.5 Å².